The van der Waals surface area contributed by atoms with Crippen LogP contribution in [0.5, 0.6) is 5.75 Å². The fourth-order valence-corrected chi connectivity index (χ4v) is 5.90. The molecule has 37 heavy (non-hydrogen) atoms. The first kappa shape index (κ1) is 27.2. The summed E-state index contributed by atoms with van der Waals surface area (Å²) in [6, 6.07) is 14.3. The summed E-state index contributed by atoms with van der Waals surface area (Å²) in [5.74, 6) is 0.747. The molecule has 11 heteroatoms. The Kier molecular flexibility index (Phi) is 7.99. The SMILES string of the molecule is Cc1cc(OCc2c(-c3c(Cl)cccc3Cl)noc2C(C)C)ccc1-c1ccc(C(=O)NS(C)(=O)=O)s1. The fourth-order valence-electron chi connectivity index (χ4n) is 3.82. The molecule has 194 valence electrons. The Morgan fingerprint density at radius 1 is 1.14 bits per heavy atom. The van der Waals surface area contributed by atoms with Crippen molar-refractivity contribution in [2.75, 3.05) is 6.26 Å². The van der Waals surface area contributed by atoms with Gasteiger partial charge in [0.15, 0.2) is 0 Å². The van der Waals surface area contributed by atoms with Crippen LogP contribution in [-0.4, -0.2) is 25.7 Å². The van der Waals surface area contributed by atoms with Gasteiger partial charge in [-0.2, -0.15) is 0 Å². The number of thiophene rings is 1. The lowest BCUT2D eigenvalue weighted by Gasteiger charge is -2.12. The minimum atomic E-state index is -3.64. The van der Waals surface area contributed by atoms with E-state index in [1.165, 1.54) is 11.3 Å². The van der Waals surface area contributed by atoms with Crippen LogP contribution in [-0.2, 0) is 16.6 Å². The molecule has 0 atom stereocenters. The molecule has 2 aromatic heterocycles. The van der Waals surface area contributed by atoms with Crippen LogP contribution in [0.3, 0.4) is 0 Å². The first-order chi connectivity index (χ1) is 17.4. The van der Waals surface area contributed by atoms with E-state index < -0.39 is 15.9 Å². The maximum atomic E-state index is 12.2. The summed E-state index contributed by atoms with van der Waals surface area (Å²) >= 11 is 14.1. The van der Waals surface area contributed by atoms with Gasteiger partial charge in [-0.25, -0.2) is 13.1 Å². The molecule has 4 rings (SSSR count). The Morgan fingerprint density at radius 2 is 1.84 bits per heavy atom. The molecule has 0 unspecified atom stereocenters. The summed E-state index contributed by atoms with van der Waals surface area (Å²) in [7, 11) is -3.64. The van der Waals surface area contributed by atoms with E-state index >= 15 is 0 Å². The number of ether oxygens (including phenoxy) is 1. The predicted octanol–water partition coefficient (Wildman–Crippen LogP) is 7.08. The van der Waals surface area contributed by atoms with Gasteiger partial charge in [0.1, 0.15) is 23.8 Å². The van der Waals surface area contributed by atoms with Crippen LogP contribution in [0.1, 0.15) is 46.3 Å². The van der Waals surface area contributed by atoms with Gasteiger partial charge in [-0.1, -0.05) is 48.3 Å². The zero-order valence-corrected chi connectivity index (χ0v) is 23.6. The van der Waals surface area contributed by atoms with Gasteiger partial charge in [0, 0.05) is 16.4 Å². The Labute approximate surface area is 229 Å². The monoisotopic (exact) mass is 578 g/mol. The fraction of sp³-hybridized carbons (Fsp3) is 0.231. The highest BCUT2D eigenvalue weighted by molar-refractivity contribution is 7.89. The summed E-state index contributed by atoms with van der Waals surface area (Å²) < 4.78 is 36.5. The topological polar surface area (TPSA) is 98.5 Å². The van der Waals surface area contributed by atoms with E-state index in [9.17, 15) is 13.2 Å². The molecule has 0 aliphatic carbocycles. The van der Waals surface area contributed by atoms with Crippen molar-refractivity contribution in [2.24, 2.45) is 0 Å². The van der Waals surface area contributed by atoms with Crippen LogP contribution in [0.25, 0.3) is 21.7 Å². The molecule has 4 aromatic rings. The second-order valence-corrected chi connectivity index (χ2v) is 12.4. The van der Waals surface area contributed by atoms with E-state index in [1.54, 1.807) is 30.3 Å². The number of carbonyl (C=O) groups is 1. The number of benzene rings is 2. The van der Waals surface area contributed by atoms with Crippen LogP contribution < -0.4 is 9.46 Å². The number of rotatable bonds is 8. The van der Waals surface area contributed by atoms with Gasteiger partial charge < -0.3 is 9.26 Å². The Morgan fingerprint density at radius 3 is 2.46 bits per heavy atom. The van der Waals surface area contributed by atoms with Gasteiger partial charge in [-0.05, 0) is 60.5 Å². The highest BCUT2D eigenvalue weighted by Crippen LogP contribution is 2.39. The zero-order chi connectivity index (χ0) is 26.9. The van der Waals surface area contributed by atoms with E-state index in [2.05, 4.69) is 5.16 Å². The van der Waals surface area contributed by atoms with E-state index in [0.717, 1.165) is 27.8 Å². The number of nitrogens with zero attached hydrogens (tertiary/aromatic N) is 1. The minimum absolute atomic E-state index is 0.0677. The van der Waals surface area contributed by atoms with Crippen LogP contribution in [0.2, 0.25) is 10.0 Å². The number of aromatic nitrogens is 1. The molecule has 0 aliphatic rings. The second kappa shape index (κ2) is 10.9. The number of hydrogen-bond acceptors (Lipinski definition) is 7. The highest BCUT2D eigenvalue weighted by atomic mass is 35.5. The normalized spacial score (nSPS) is 11.6. The van der Waals surface area contributed by atoms with Crippen molar-refractivity contribution >= 4 is 50.5 Å². The third-order valence-corrected chi connectivity index (χ3v) is 7.80. The van der Waals surface area contributed by atoms with Crippen molar-refractivity contribution in [2.45, 2.75) is 33.3 Å². The molecule has 1 amide bonds. The van der Waals surface area contributed by atoms with Gasteiger partial charge in [0.25, 0.3) is 5.91 Å². The van der Waals surface area contributed by atoms with Crippen molar-refractivity contribution in [1.82, 2.24) is 9.88 Å². The number of sulfonamides is 1. The first-order valence-electron chi connectivity index (χ1n) is 11.2. The number of halogens is 2. The van der Waals surface area contributed by atoms with Crippen molar-refractivity contribution in [3.8, 4) is 27.4 Å². The van der Waals surface area contributed by atoms with Gasteiger partial charge in [-0.3, -0.25) is 4.79 Å². The first-order valence-corrected chi connectivity index (χ1v) is 14.7. The summed E-state index contributed by atoms with van der Waals surface area (Å²) in [5.41, 5.74) is 3.75. The lowest BCUT2D eigenvalue weighted by molar-refractivity contribution is 0.0985. The maximum absolute atomic E-state index is 12.2. The number of nitrogens with one attached hydrogen (secondary N) is 1. The number of amides is 1. The number of aryl methyl sites for hydroxylation is 1. The van der Waals surface area contributed by atoms with Crippen LogP contribution in [0.4, 0.5) is 0 Å². The summed E-state index contributed by atoms with van der Waals surface area (Å²) in [6.07, 6.45) is 0.942. The lowest BCUT2D eigenvalue weighted by Crippen LogP contribution is -2.28. The molecular formula is C26H24Cl2N2O5S2. The van der Waals surface area contributed by atoms with E-state index in [1.807, 2.05) is 43.7 Å². The van der Waals surface area contributed by atoms with E-state index in [-0.39, 0.29) is 12.5 Å². The molecule has 2 heterocycles. The molecule has 1 N–H and O–H groups in total. The second-order valence-electron chi connectivity index (χ2n) is 8.76. The van der Waals surface area contributed by atoms with Crippen molar-refractivity contribution < 1.29 is 22.5 Å². The van der Waals surface area contributed by atoms with Gasteiger partial charge >= 0.3 is 0 Å². The van der Waals surface area contributed by atoms with Crippen LogP contribution >= 0.6 is 34.5 Å². The number of carbonyl (C=O) groups excluding carboxylic acids is 1. The number of hydrogen-bond donors (Lipinski definition) is 1. The molecular weight excluding hydrogens is 555 g/mol. The Hall–Kier alpha value is -2.85. The molecule has 0 spiro atoms. The van der Waals surface area contributed by atoms with E-state index in [4.69, 9.17) is 32.5 Å². The molecule has 0 aliphatic heterocycles. The molecule has 0 fully saturated rings. The standard InChI is InChI=1S/C26H24Cl2N2O5S2/c1-14(2)25-18(24(29-35-25)23-19(27)6-5-7-20(23)28)13-34-16-8-9-17(15(3)12-16)21-10-11-22(36-21)26(31)30-37(4,32)33/h5-12,14H,13H2,1-4H3,(H,30,31). The molecule has 0 saturated heterocycles. The zero-order valence-electron chi connectivity index (χ0n) is 20.5. The van der Waals surface area contributed by atoms with Crippen molar-refractivity contribution in [3.05, 3.63) is 80.3 Å². The maximum Gasteiger partial charge on any atom is 0.274 e. The quantitative estimate of drug-likeness (QED) is 0.240. The van der Waals surface area contributed by atoms with Gasteiger partial charge in [0.05, 0.1) is 26.7 Å². The average molecular weight is 580 g/mol. The van der Waals surface area contributed by atoms with Gasteiger partial charge in [0.2, 0.25) is 10.0 Å². The van der Waals surface area contributed by atoms with Crippen molar-refractivity contribution in [1.29, 1.82) is 0 Å². The largest absolute Gasteiger partial charge is 0.489 e. The van der Waals surface area contributed by atoms with Crippen molar-refractivity contribution in [3.63, 3.8) is 0 Å². The molecule has 0 bridgehead atoms. The summed E-state index contributed by atoms with van der Waals surface area (Å²) in [5, 5.41) is 5.20. The highest BCUT2D eigenvalue weighted by Gasteiger charge is 2.24. The molecule has 0 radical (unpaired) electrons. The summed E-state index contributed by atoms with van der Waals surface area (Å²) in [6.45, 7) is 6.15. The smallest absolute Gasteiger partial charge is 0.274 e. The minimum Gasteiger partial charge on any atom is -0.489 e. The molecule has 2 aromatic carbocycles. The Bertz CT molecular complexity index is 1560. The Balaban J connectivity index is 1.57. The van der Waals surface area contributed by atoms with E-state index in [0.29, 0.717) is 37.7 Å². The average Bonchev–Trinajstić information content (AvgIpc) is 3.44. The van der Waals surface area contributed by atoms with Gasteiger partial charge in [-0.15, -0.1) is 11.3 Å². The lowest BCUT2D eigenvalue weighted by atomic mass is 10.0. The summed E-state index contributed by atoms with van der Waals surface area (Å²) in [4.78, 5) is 13.3. The van der Waals surface area contributed by atoms with Crippen LogP contribution in [0.15, 0.2) is 53.1 Å². The third-order valence-electron chi connectivity index (χ3n) is 5.50. The predicted molar refractivity (Wildman–Crippen MR) is 147 cm³/mol. The van der Waals surface area contributed by atoms with Crippen LogP contribution in [0, 0.1) is 6.92 Å². The molecule has 7 nitrogen and oxygen atoms in total. The third kappa shape index (κ3) is 6.18. The molecule has 0 saturated carbocycles.